The molecule has 1 aromatic carbocycles. The monoisotopic (exact) mass is 287 g/mol. The van der Waals surface area contributed by atoms with E-state index < -0.39 is 16.0 Å². The highest BCUT2D eigenvalue weighted by Gasteiger charge is 2.11. The Morgan fingerprint density at radius 1 is 1.42 bits per heavy atom. The van der Waals surface area contributed by atoms with E-state index in [-0.39, 0.29) is 18.6 Å². The topological polar surface area (TPSA) is 92.7 Å². The molecule has 0 heterocycles. The number of hydrogen-bond donors (Lipinski definition) is 2. The minimum atomic E-state index is -3.53. The SMILES string of the molecule is CCOc1cccc(NS(=O)(=O)CCCC(=O)O)c1. The van der Waals surface area contributed by atoms with Gasteiger partial charge < -0.3 is 9.84 Å². The fraction of sp³-hybridized carbons (Fsp3) is 0.417. The molecule has 2 N–H and O–H groups in total. The number of ether oxygens (including phenoxy) is 1. The second kappa shape index (κ2) is 6.98. The molecule has 0 aliphatic rings. The normalized spacial score (nSPS) is 11.0. The van der Waals surface area contributed by atoms with Gasteiger partial charge in [0, 0.05) is 12.5 Å². The molecular weight excluding hydrogens is 270 g/mol. The van der Waals surface area contributed by atoms with E-state index in [0.717, 1.165) is 0 Å². The standard InChI is InChI=1S/C12H17NO5S/c1-2-18-11-6-3-5-10(9-11)13-19(16,17)8-4-7-12(14)15/h3,5-6,9,13H,2,4,7-8H2,1H3,(H,14,15). The summed E-state index contributed by atoms with van der Waals surface area (Å²) >= 11 is 0. The first-order valence-electron chi connectivity index (χ1n) is 5.88. The van der Waals surface area contributed by atoms with Gasteiger partial charge in [-0.2, -0.15) is 0 Å². The van der Waals surface area contributed by atoms with Crippen molar-refractivity contribution in [3.63, 3.8) is 0 Å². The summed E-state index contributed by atoms with van der Waals surface area (Å²) in [7, 11) is -3.53. The number of sulfonamides is 1. The molecule has 6 nitrogen and oxygen atoms in total. The van der Waals surface area contributed by atoms with Crippen molar-refractivity contribution in [1.82, 2.24) is 0 Å². The van der Waals surface area contributed by atoms with Crippen molar-refractivity contribution in [3.05, 3.63) is 24.3 Å². The fourth-order valence-electron chi connectivity index (χ4n) is 1.46. The number of rotatable bonds is 8. The summed E-state index contributed by atoms with van der Waals surface area (Å²) in [6, 6.07) is 6.60. The van der Waals surface area contributed by atoms with E-state index in [4.69, 9.17) is 9.84 Å². The van der Waals surface area contributed by atoms with Gasteiger partial charge in [0.25, 0.3) is 0 Å². The zero-order valence-electron chi connectivity index (χ0n) is 10.6. The highest BCUT2D eigenvalue weighted by molar-refractivity contribution is 7.92. The molecular formula is C12H17NO5S. The molecule has 7 heteroatoms. The van der Waals surface area contributed by atoms with Crippen LogP contribution in [0.5, 0.6) is 5.75 Å². The molecule has 19 heavy (non-hydrogen) atoms. The predicted molar refractivity (Wildman–Crippen MR) is 71.9 cm³/mol. The first-order chi connectivity index (χ1) is 8.93. The maximum absolute atomic E-state index is 11.7. The van der Waals surface area contributed by atoms with Gasteiger partial charge in [-0.1, -0.05) is 6.07 Å². The average Bonchev–Trinajstić information content (AvgIpc) is 2.28. The maximum Gasteiger partial charge on any atom is 0.303 e. The van der Waals surface area contributed by atoms with Gasteiger partial charge in [0.05, 0.1) is 18.0 Å². The van der Waals surface area contributed by atoms with Crippen LogP contribution >= 0.6 is 0 Å². The first kappa shape index (κ1) is 15.3. The van der Waals surface area contributed by atoms with Crippen LogP contribution in [-0.4, -0.2) is 31.9 Å². The van der Waals surface area contributed by atoms with Gasteiger partial charge in [-0.15, -0.1) is 0 Å². The number of carbonyl (C=O) groups is 1. The largest absolute Gasteiger partial charge is 0.494 e. The third kappa shape index (κ3) is 6.10. The van der Waals surface area contributed by atoms with Crippen LogP contribution in [0.25, 0.3) is 0 Å². The lowest BCUT2D eigenvalue weighted by molar-refractivity contribution is -0.137. The first-order valence-corrected chi connectivity index (χ1v) is 7.53. The van der Waals surface area contributed by atoms with Crippen LogP contribution in [-0.2, 0) is 14.8 Å². The quantitative estimate of drug-likeness (QED) is 0.759. The number of benzene rings is 1. The van der Waals surface area contributed by atoms with Crippen molar-refractivity contribution in [2.75, 3.05) is 17.1 Å². The Kier molecular flexibility index (Phi) is 5.62. The summed E-state index contributed by atoms with van der Waals surface area (Å²) in [4.78, 5) is 10.3. The van der Waals surface area contributed by atoms with E-state index in [1.807, 2.05) is 6.92 Å². The van der Waals surface area contributed by atoms with Crippen LogP contribution in [0.2, 0.25) is 0 Å². The summed E-state index contributed by atoms with van der Waals surface area (Å²) < 4.78 is 31.1. The van der Waals surface area contributed by atoms with Gasteiger partial charge in [0.2, 0.25) is 10.0 Å². The predicted octanol–water partition coefficient (Wildman–Crippen LogP) is 1.69. The van der Waals surface area contributed by atoms with E-state index in [2.05, 4.69) is 4.72 Å². The van der Waals surface area contributed by atoms with Gasteiger partial charge >= 0.3 is 5.97 Å². The zero-order valence-corrected chi connectivity index (χ0v) is 11.4. The number of carboxylic acids is 1. The van der Waals surface area contributed by atoms with Gasteiger partial charge in [-0.05, 0) is 25.5 Å². The van der Waals surface area contributed by atoms with Crippen molar-refractivity contribution < 1.29 is 23.1 Å². The van der Waals surface area contributed by atoms with Crippen molar-refractivity contribution >= 4 is 21.7 Å². The lowest BCUT2D eigenvalue weighted by Crippen LogP contribution is -2.17. The summed E-state index contributed by atoms with van der Waals surface area (Å²) in [5.41, 5.74) is 0.404. The third-order valence-electron chi connectivity index (χ3n) is 2.22. The van der Waals surface area contributed by atoms with Crippen molar-refractivity contribution in [1.29, 1.82) is 0 Å². The smallest absolute Gasteiger partial charge is 0.303 e. The summed E-state index contributed by atoms with van der Waals surface area (Å²) in [6.07, 6.45) is -0.0876. The molecule has 0 fully saturated rings. The lowest BCUT2D eigenvalue weighted by atomic mass is 10.3. The molecule has 1 rings (SSSR count). The van der Waals surface area contributed by atoms with Crippen molar-refractivity contribution in [2.24, 2.45) is 0 Å². The number of carboxylic acid groups (broad SMARTS) is 1. The molecule has 106 valence electrons. The Balaban J connectivity index is 2.61. The third-order valence-corrected chi connectivity index (χ3v) is 3.59. The summed E-state index contributed by atoms with van der Waals surface area (Å²) in [6.45, 7) is 2.33. The van der Waals surface area contributed by atoms with Crippen LogP contribution in [0.4, 0.5) is 5.69 Å². The van der Waals surface area contributed by atoms with Gasteiger partial charge in [0.1, 0.15) is 5.75 Å². The molecule has 0 spiro atoms. The molecule has 0 radical (unpaired) electrons. The Labute approximate surface area is 112 Å². The van der Waals surface area contributed by atoms with E-state index in [1.54, 1.807) is 24.3 Å². The Bertz CT molecular complexity index is 527. The highest BCUT2D eigenvalue weighted by Crippen LogP contribution is 2.18. The molecule has 0 aliphatic carbocycles. The number of hydrogen-bond acceptors (Lipinski definition) is 4. The van der Waals surface area contributed by atoms with Crippen LogP contribution in [0.15, 0.2) is 24.3 Å². The minimum Gasteiger partial charge on any atom is -0.494 e. The van der Waals surface area contributed by atoms with Crippen LogP contribution in [0.3, 0.4) is 0 Å². The second-order valence-corrected chi connectivity index (χ2v) is 5.72. The Hall–Kier alpha value is -1.76. The molecule has 0 aliphatic heterocycles. The zero-order chi connectivity index (χ0) is 14.3. The second-order valence-electron chi connectivity index (χ2n) is 3.88. The van der Waals surface area contributed by atoms with Crippen molar-refractivity contribution in [2.45, 2.75) is 19.8 Å². The molecule has 0 saturated carbocycles. The Morgan fingerprint density at radius 3 is 2.79 bits per heavy atom. The van der Waals surface area contributed by atoms with Crippen LogP contribution in [0, 0.1) is 0 Å². The average molecular weight is 287 g/mol. The number of nitrogens with one attached hydrogen (secondary N) is 1. The minimum absolute atomic E-state index is 0.0792. The van der Waals surface area contributed by atoms with E-state index in [1.165, 1.54) is 0 Å². The summed E-state index contributed by atoms with van der Waals surface area (Å²) in [5, 5.41) is 8.46. The number of anilines is 1. The molecule has 0 atom stereocenters. The van der Waals surface area contributed by atoms with Gasteiger partial charge in [-0.3, -0.25) is 9.52 Å². The number of aliphatic carboxylic acids is 1. The highest BCUT2D eigenvalue weighted by atomic mass is 32.2. The molecule has 0 aromatic heterocycles. The van der Waals surface area contributed by atoms with E-state index in [9.17, 15) is 13.2 Å². The lowest BCUT2D eigenvalue weighted by Gasteiger charge is -2.09. The summed E-state index contributed by atoms with van der Waals surface area (Å²) in [5.74, 6) is -0.653. The molecule has 0 saturated heterocycles. The fourth-order valence-corrected chi connectivity index (χ4v) is 2.57. The van der Waals surface area contributed by atoms with E-state index >= 15 is 0 Å². The molecule has 1 aromatic rings. The maximum atomic E-state index is 11.7. The molecule has 0 unspecified atom stereocenters. The molecule has 0 amide bonds. The van der Waals surface area contributed by atoms with Gasteiger partial charge in [0.15, 0.2) is 0 Å². The van der Waals surface area contributed by atoms with E-state index in [0.29, 0.717) is 18.0 Å². The van der Waals surface area contributed by atoms with Gasteiger partial charge in [-0.25, -0.2) is 8.42 Å². The van der Waals surface area contributed by atoms with Crippen molar-refractivity contribution in [3.8, 4) is 5.75 Å². The van der Waals surface area contributed by atoms with Crippen LogP contribution < -0.4 is 9.46 Å². The van der Waals surface area contributed by atoms with Crippen LogP contribution in [0.1, 0.15) is 19.8 Å². The Morgan fingerprint density at radius 2 is 2.16 bits per heavy atom. The molecule has 0 bridgehead atoms.